The van der Waals surface area contributed by atoms with Gasteiger partial charge in [-0.25, -0.2) is 0 Å². The average Bonchev–Trinajstić information content (AvgIpc) is 2.67. The van der Waals surface area contributed by atoms with E-state index in [1.165, 1.54) is 38.5 Å². The van der Waals surface area contributed by atoms with Crippen molar-refractivity contribution in [3.63, 3.8) is 0 Å². The van der Waals surface area contributed by atoms with Gasteiger partial charge in [-0.3, -0.25) is 4.90 Å². The Morgan fingerprint density at radius 1 is 1.08 bits per heavy atom. The van der Waals surface area contributed by atoms with Crippen molar-refractivity contribution in [1.82, 2.24) is 9.80 Å². The average molecular weight is 423 g/mol. The van der Waals surface area contributed by atoms with Crippen LogP contribution in [0.4, 0.5) is 0 Å². The molecule has 0 aromatic heterocycles. The van der Waals surface area contributed by atoms with Gasteiger partial charge in [0.2, 0.25) is 0 Å². The molecule has 5 heteroatoms. The molecule has 144 valence electrons. The number of benzene rings is 1. The number of aryl methyl sites for hydroxylation is 1. The van der Waals surface area contributed by atoms with E-state index in [1.54, 1.807) is 0 Å². The Hall–Kier alpha value is -0.620. The van der Waals surface area contributed by atoms with Crippen molar-refractivity contribution in [2.45, 2.75) is 57.1 Å². The second kappa shape index (κ2) is 7.78. The van der Waals surface area contributed by atoms with Crippen LogP contribution in [0.25, 0.3) is 0 Å². The van der Waals surface area contributed by atoms with Crippen molar-refractivity contribution in [2.24, 2.45) is 0 Å². The van der Waals surface area contributed by atoms with E-state index < -0.39 is 6.10 Å². The summed E-state index contributed by atoms with van der Waals surface area (Å²) in [4.78, 5) is 5.09. The summed E-state index contributed by atoms with van der Waals surface area (Å²) in [5, 5.41) is 11.6. The van der Waals surface area contributed by atoms with Crippen LogP contribution in [0.3, 0.4) is 0 Å². The van der Waals surface area contributed by atoms with Crippen LogP contribution in [-0.4, -0.2) is 59.8 Å². The third-order valence-electron chi connectivity index (χ3n) is 6.50. The lowest BCUT2D eigenvalue weighted by molar-refractivity contribution is -0.0987. The van der Waals surface area contributed by atoms with Crippen molar-refractivity contribution in [3.8, 4) is 5.75 Å². The normalized spacial score (nSPS) is 30.7. The number of hydrogen-bond acceptors (Lipinski definition) is 4. The highest BCUT2D eigenvalue weighted by Crippen LogP contribution is 2.44. The molecule has 1 N–H and O–H groups in total. The van der Waals surface area contributed by atoms with E-state index in [-0.39, 0.29) is 5.54 Å². The van der Waals surface area contributed by atoms with Crippen molar-refractivity contribution in [1.29, 1.82) is 0 Å². The SMILES string of the molecule is Cc1cc2c(cc1Br)[C@@H](O)[C@](CN1CCCCC1)(N1CCCCC1)CO2. The number of rotatable bonds is 3. The van der Waals surface area contributed by atoms with E-state index in [0.717, 1.165) is 54.1 Å². The van der Waals surface area contributed by atoms with E-state index >= 15 is 0 Å². The molecule has 2 atom stereocenters. The van der Waals surface area contributed by atoms with Crippen LogP contribution in [-0.2, 0) is 0 Å². The molecule has 0 bridgehead atoms. The topological polar surface area (TPSA) is 35.9 Å². The van der Waals surface area contributed by atoms with Crippen molar-refractivity contribution in [2.75, 3.05) is 39.3 Å². The maximum absolute atomic E-state index is 11.6. The Morgan fingerprint density at radius 2 is 1.73 bits per heavy atom. The zero-order chi connectivity index (χ0) is 18.1. The van der Waals surface area contributed by atoms with Gasteiger partial charge in [-0.2, -0.15) is 0 Å². The van der Waals surface area contributed by atoms with Crippen molar-refractivity contribution < 1.29 is 9.84 Å². The van der Waals surface area contributed by atoms with E-state index in [1.807, 2.05) is 0 Å². The first kappa shape index (κ1) is 18.7. The molecule has 2 fully saturated rings. The standard InChI is InChI=1S/C21H31BrN2O2/c1-16-12-19-17(13-18(16)22)20(25)21(15-26-19,24-10-6-3-7-11-24)14-23-8-4-2-5-9-23/h12-13,20,25H,2-11,14-15H2,1H3/t20-,21-/m1/s1. The quantitative estimate of drug-likeness (QED) is 0.800. The number of piperidine rings is 2. The van der Waals surface area contributed by atoms with Gasteiger partial charge in [-0.15, -0.1) is 0 Å². The molecule has 3 aliphatic heterocycles. The first-order chi connectivity index (χ1) is 12.6. The van der Waals surface area contributed by atoms with E-state index in [0.29, 0.717) is 6.61 Å². The predicted octanol–water partition coefficient (Wildman–Crippen LogP) is 3.89. The maximum Gasteiger partial charge on any atom is 0.125 e. The van der Waals surface area contributed by atoms with Gasteiger partial charge >= 0.3 is 0 Å². The minimum atomic E-state index is -0.511. The van der Waals surface area contributed by atoms with Crippen LogP contribution >= 0.6 is 15.9 Å². The highest BCUT2D eigenvalue weighted by molar-refractivity contribution is 9.10. The molecular weight excluding hydrogens is 392 g/mol. The zero-order valence-corrected chi connectivity index (χ0v) is 17.4. The van der Waals surface area contributed by atoms with Crippen LogP contribution in [0.5, 0.6) is 5.75 Å². The van der Waals surface area contributed by atoms with Crippen LogP contribution in [0.1, 0.15) is 55.8 Å². The van der Waals surface area contributed by atoms with Gasteiger partial charge in [0.25, 0.3) is 0 Å². The third kappa shape index (κ3) is 3.44. The van der Waals surface area contributed by atoms with Gasteiger partial charge < -0.3 is 14.7 Å². The Kier molecular flexibility index (Phi) is 5.61. The van der Waals surface area contributed by atoms with Crippen molar-refractivity contribution in [3.05, 3.63) is 27.7 Å². The molecule has 1 aromatic carbocycles. The Morgan fingerprint density at radius 3 is 2.42 bits per heavy atom. The fraction of sp³-hybridized carbons (Fsp3) is 0.714. The molecule has 4 rings (SSSR count). The van der Waals surface area contributed by atoms with E-state index in [9.17, 15) is 5.11 Å². The zero-order valence-electron chi connectivity index (χ0n) is 15.8. The van der Waals surface area contributed by atoms with E-state index in [2.05, 4.69) is 44.8 Å². The number of fused-ring (bicyclic) bond motifs is 1. The molecule has 3 aliphatic rings. The Balaban J connectivity index is 1.68. The van der Waals surface area contributed by atoms with Gasteiger partial charge in [-0.1, -0.05) is 28.8 Å². The number of hydrogen-bond donors (Lipinski definition) is 1. The minimum absolute atomic E-state index is 0.334. The first-order valence-electron chi connectivity index (χ1n) is 10.2. The summed E-state index contributed by atoms with van der Waals surface area (Å²) in [5.41, 5.74) is 1.76. The summed E-state index contributed by atoms with van der Waals surface area (Å²) in [5.74, 6) is 0.851. The summed E-state index contributed by atoms with van der Waals surface area (Å²) in [6, 6.07) is 4.13. The third-order valence-corrected chi connectivity index (χ3v) is 7.36. The molecule has 1 aromatic rings. The monoisotopic (exact) mass is 422 g/mol. The number of aliphatic hydroxyl groups excluding tert-OH is 1. The molecule has 0 unspecified atom stereocenters. The molecule has 26 heavy (non-hydrogen) atoms. The largest absolute Gasteiger partial charge is 0.491 e. The van der Waals surface area contributed by atoms with Crippen molar-refractivity contribution >= 4 is 15.9 Å². The number of ether oxygens (including phenoxy) is 1. The number of likely N-dealkylation sites (tertiary alicyclic amines) is 2. The molecule has 0 radical (unpaired) electrons. The Labute approximate surface area is 165 Å². The van der Waals surface area contributed by atoms with Crippen LogP contribution < -0.4 is 4.74 Å². The number of nitrogens with zero attached hydrogens (tertiary/aromatic N) is 2. The molecular formula is C21H31BrN2O2. The fourth-order valence-electron chi connectivity index (χ4n) is 4.92. The van der Waals surface area contributed by atoms with Gasteiger partial charge in [-0.05, 0) is 76.5 Å². The summed E-state index contributed by atoms with van der Waals surface area (Å²) >= 11 is 3.64. The molecule has 0 amide bonds. The lowest BCUT2D eigenvalue weighted by Gasteiger charge is -2.52. The highest BCUT2D eigenvalue weighted by atomic mass is 79.9. The lowest BCUT2D eigenvalue weighted by atomic mass is 9.81. The van der Waals surface area contributed by atoms with Crippen LogP contribution in [0.15, 0.2) is 16.6 Å². The second-order valence-corrected chi connectivity index (χ2v) is 9.17. The molecule has 3 heterocycles. The molecule has 2 saturated heterocycles. The van der Waals surface area contributed by atoms with Gasteiger partial charge in [0, 0.05) is 16.6 Å². The van der Waals surface area contributed by atoms with Gasteiger partial charge in [0.15, 0.2) is 0 Å². The molecule has 4 nitrogen and oxygen atoms in total. The predicted molar refractivity (Wildman–Crippen MR) is 108 cm³/mol. The van der Waals surface area contributed by atoms with Gasteiger partial charge in [0.1, 0.15) is 18.5 Å². The Bertz CT molecular complexity index is 641. The fourth-order valence-corrected chi connectivity index (χ4v) is 5.28. The summed E-state index contributed by atoms with van der Waals surface area (Å²) < 4.78 is 7.34. The van der Waals surface area contributed by atoms with Crippen LogP contribution in [0.2, 0.25) is 0 Å². The van der Waals surface area contributed by atoms with E-state index in [4.69, 9.17) is 4.74 Å². The summed E-state index contributed by atoms with van der Waals surface area (Å²) in [6.07, 6.45) is 7.11. The van der Waals surface area contributed by atoms with Gasteiger partial charge in [0.05, 0.1) is 5.54 Å². The maximum atomic E-state index is 11.6. The smallest absolute Gasteiger partial charge is 0.125 e. The summed E-state index contributed by atoms with van der Waals surface area (Å²) in [6.45, 7) is 7.98. The first-order valence-corrected chi connectivity index (χ1v) is 11.0. The molecule has 0 spiro atoms. The highest BCUT2D eigenvalue weighted by Gasteiger charge is 2.49. The molecule has 0 saturated carbocycles. The number of halogens is 1. The molecule has 0 aliphatic carbocycles. The van der Waals surface area contributed by atoms with Crippen LogP contribution in [0, 0.1) is 6.92 Å². The summed E-state index contributed by atoms with van der Waals surface area (Å²) in [7, 11) is 0. The minimum Gasteiger partial charge on any atom is -0.491 e. The second-order valence-electron chi connectivity index (χ2n) is 8.32. The lowest BCUT2D eigenvalue weighted by Crippen LogP contribution is -2.65. The number of aliphatic hydroxyl groups is 1.